The molecule has 4 atom stereocenters. The Kier molecular flexibility index (Phi) is 10.6. The van der Waals surface area contributed by atoms with Crippen molar-refractivity contribution in [1.29, 1.82) is 0 Å². The van der Waals surface area contributed by atoms with E-state index in [0.29, 0.717) is 17.9 Å². The lowest BCUT2D eigenvalue weighted by Gasteiger charge is -2.41. The van der Waals surface area contributed by atoms with E-state index in [2.05, 4.69) is 103 Å². The summed E-state index contributed by atoms with van der Waals surface area (Å²) in [4.78, 5) is 19.7. The first kappa shape index (κ1) is 29.4. The maximum absolute atomic E-state index is 12.3. The lowest BCUT2D eigenvalue weighted by molar-refractivity contribution is -0.145. The van der Waals surface area contributed by atoms with Gasteiger partial charge in [-0.3, -0.25) is 9.69 Å². The molecule has 4 rings (SSSR count). The number of hydrogen-bond acceptors (Lipinski definition) is 4. The van der Waals surface area contributed by atoms with Crippen LogP contribution in [0.1, 0.15) is 63.5 Å². The molecule has 2 heterocycles. The Morgan fingerprint density at radius 1 is 1.03 bits per heavy atom. The fourth-order valence-electron chi connectivity index (χ4n) is 6.94. The molecule has 2 aromatic carbocycles. The first-order valence-corrected chi connectivity index (χ1v) is 15.1. The first-order valence-electron chi connectivity index (χ1n) is 15.1. The Hall–Kier alpha value is -2.63. The Bertz CT molecular complexity index is 1030. The predicted molar refractivity (Wildman–Crippen MR) is 161 cm³/mol. The van der Waals surface area contributed by atoms with Crippen LogP contribution in [0.3, 0.4) is 0 Å². The normalized spacial score (nSPS) is 22.4. The van der Waals surface area contributed by atoms with E-state index >= 15 is 0 Å². The number of piperidine rings is 1. The van der Waals surface area contributed by atoms with Gasteiger partial charge in [0, 0.05) is 56.9 Å². The number of carboxylic acids is 1. The van der Waals surface area contributed by atoms with Crippen LogP contribution in [0.2, 0.25) is 0 Å². The molecule has 2 aliphatic rings. The van der Waals surface area contributed by atoms with Crippen molar-refractivity contribution in [2.75, 3.05) is 39.3 Å². The highest BCUT2D eigenvalue weighted by Crippen LogP contribution is 2.36. The Morgan fingerprint density at radius 3 is 2.26 bits per heavy atom. The topological polar surface area (TPSA) is 47.0 Å². The Balaban J connectivity index is 1.36. The fraction of sp³-hybridized carbons (Fsp3) is 0.559. The van der Waals surface area contributed by atoms with Crippen molar-refractivity contribution >= 4 is 5.97 Å². The molecule has 5 heteroatoms. The number of rotatable bonds is 13. The third kappa shape index (κ3) is 7.52. The molecule has 2 aliphatic heterocycles. The van der Waals surface area contributed by atoms with Gasteiger partial charge in [-0.2, -0.15) is 0 Å². The highest BCUT2D eigenvalue weighted by Gasteiger charge is 2.41. The van der Waals surface area contributed by atoms with Gasteiger partial charge in [-0.25, -0.2) is 0 Å². The Morgan fingerprint density at radius 2 is 1.67 bits per heavy atom. The zero-order valence-corrected chi connectivity index (χ0v) is 24.3. The molecule has 0 aromatic heterocycles. The number of hydrogen-bond donors (Lipinski definition) is 1. The van der Waals surface area contributed by atoms with Crippen LogP contribution in [-0.2, 0) is 11.2 Å². The summed E-state index contributed by atoms with van der Waals surface area (Å²) in [5, 5.41) is 10.1. The summed E-state index contributed by atoms with van der Waals surface area (Å²) in [5.74, 6) is 0.283. The van der Waals surface area contributed by atoms with E-state index < -0.39 is 12.0 Å². The molecule has 0 saturated carbocycles. The van der Waals surface area contributed by atoms with Crippen LogP contribution in [0, 0.1) is 11.8 Å². The van der Waals surface area contributed by atoms with Gasteiger partial charge in [-0.1, -0.05) is 87.5 Å². The lowest BCUT2D eigenvalue weighted by Crippen LogP contribution is -2.47. The third-order valence-electron chi connectivity index (χ3n) is 9.31. The van der Waals surface area contributed by atoms with E-state index in [1.165, 1.54) is 16.8 Å². The maximum atomic E-state index is 12.3. The Labute approximate surface area is 236 Å². The van der Waals surface area contributed by atoms with Gasteiger partial charge in [-0.15, -0.1) is 0 Å². The van der Waals surface area contributed by atoms with Gasteiger partial charge in [0.2, 0.25) is 0 Å². The smallest absolute Gasteiger partial charge is 0.321 e. The minimum atomic E-state index is -0.676. The van der Waals surface area contributed by atoms with Crippen molar-refractivity contribution in [2.45, 2.75) is 70.9 Å². The quantitative estimate of drug-likeness (QED) is 0.337. The molecule has 0 aliphatic carbocycles. The van der Waals surface area contributed by atoms with Gasteiger partial charge in [-0.05, 0) is 55.6 Å². The van der Waals surface area contributed by atoms with Crippen molar-refractivity contribution in [3.8, 4) is 0 Å². The number of aliphatic carboxylic acids is 1. The van der Waals surface area contributed by atoms with Gasteiger partial charge >= 0.3 is 5.97 Å². The molecule has 0 bridgehead atoms. The van der Waals surface area contributed by atoms with E-state index in [-0.39, 0.29) is 5.92 Å². The molecule has 5 nitrogen and oxygen atoms in total. The number of nitrogens with zero attached hydrogens (tertiary/aromatic N) is 3. The van der Waals surface area contributed by atoms with Gasteiger partial charge in [0.05, 0.1) is 0 Å². The van der Waals surface area contributed by atoms with Crippen LogP contribution >= 0.6 is 0 Å². The number of benzene rings is 2. The maximum Gasteiger partial charge on any atom is 0.321 e. The standard InChI is InChI=1S/C34H49N3O2/c1-5-26(3)33(34(38)39)36-24-30(32(25-36)29-15-11-8-12-16-29)23-35-21-19-31(20-22-35)37(6-2)27(4)17-18-28-13-9-7-10-14-28/h7-16,26,30-33H,4-6,17-25H2,1-3H3,(H,38,39)/t26?,30-,32+,33?/m0/s1. The number of carboxylic acid groups (broad SMARTS) is 1. The molecule has 1 N–H and O–H groups in total. The van der Waals surface area contributed by atoms with Crippen molar-refractivity contribution in [1.82, 2.24) is 14.7 Å². The molecular formula is C34H49N3O2. The summed E-state index contributed by atoms with van der Waals surface area (Å²) in [5.41, 5.74) is 3.99. The second kappa shape index (κ2) is 14.1. The van der Waals surface area contributed by atoms with E-state index in [1.807, 2.05) is 0 Å². The molecule has 212 valence electrons. The van der Waals surface area contributed by atoms with E-state index in [4.69, 9.17) is 0 Å². The number of likely N-dealkylation sites (tertiary alicyclic amines) is 2. The molecule has 39 heavy (non-hydrogen) atoms. The summed E-state index contributed by atoms with van der Waals surface area (Å²) in [6.07, 6.45) is 5.26. The van der Waals surface area contributed by atoms with Crippen LogP contribution in [0.4, 0.5) is 0 Å². The van der Waals surface area contributed by atoms with Crippen molar-refractivity contribution < 1.29 is 9.90 Å². The second-order valence-electron chi connectivity index (χ2n) is 11.8. The molecule has 0 radical (unpaired) electrons. The minimum absolute atomic E-state index is 0.142. The zero-order valence-electron chi connectivity index (χ0n) is 24.3. The van der Waals surface area contributed by atoms with Crippen LogP contribution in [0.15, 0.2) is 72.9 Å². The lowest BCUT2D eigenvalue weighted by atomic mass is 9.88. The molecule has 2 saturated heterocycles. The average molecular weight is 532 g/mol. The SMILES string of the molecule is C=C(CCc1ccccc1)N(CC)C1CCN(C[C@H]2CN(C(C(=O)O)C(C)CC)C[C@@H]2c2ccccc2)CC1. The molecule has 2 unspecified atom stereocenters. The minimum Gasteiger partial charge on any atom is -0.480 e. The monoisotopic (exact) mass is 531 g/mol. The van der Waals surface area contributed by atoms with E-state index in [0.717, 1.165) is 71.4 Å². The molecular weight excluding hydrogens is 482 g/mol. The second-order valence-corrected chi connectivity index (χ2v) is 11.8. The summed E-state index contributed by atoms with van der Waals surface area (Å²) >= 11 is 0. The van der Waals surface area contributed by atoms with Crippen molar-refractivity contribution in [3.63, 3.8) is 0 Å². The fourth-order valence-corrected chi connectivity index (χ4v) is 6.94. The third-order valence-corrected chi connectivity index (χ3v) is 9.31. The number of aryl methyl sites for hydroxylation is 1. The van der Waals surface area contributed by atoms with Crippen LogP contribution in [-0.4, -0.2) is 77.1 Å². The summed E-state index contributed by atoms with van der Waals surface area (Å²) in [6, 6.07) is 21.6. The van der Waals surface area contributed by atoms with Gasteiger partial charge in [0.25, 0.3) is 0 Å². The highest BCUT2D eigenvalue weighted by molar-refractivity contribution is 5.74. The van der Waals surface area contributed by atoms with Gasteiger partial charge < -0.3 is 14.9 Å². The summed E-state index contributed by atoms with van der Waals surface area (Å²) in [7, 11) is 0. The summed E-state index contributed by atoms with van der Waals surface area (Å²) in [6.45, 7) is 16.9. The molecule has 2 aromatic rings. The largest absolute Gasteiger partial charge is 0.480 e. The molecule has 2 fully saturated rings. The predicted octanol–water partition coefficient (Wildman–Crippen LogP) is 6.13. The summed E-state index contributed by atoms with van der Waals surface area (Å²) < 4.78 is 0. The highest BCUT2D eigenvalue weighted by atomic mass is 16.4. The van der Waals surface area contributed by atoms with Crippen LogP contribution in [0.25, 0.3) is 0 Å². The van der Waals surface area contributed by atoms with E-state index in [9.17, 15) is 9.90 Å². The van der Waals surface area contributed by atoms with Crippen LogP contribution < -0.4 is 0 Å². The van der Waals surface area contributed by atoms with E-state index in [1.54, 1.807) is 0 Å². The molecule has 0 spiro atoms. The van der Waals surface area contributed by atoms with Gasteiger partial charge in [0.15, 0.2) is 0 Å². The van der Waals surface area contributed by atoms with Crippen molar-refractivity contribution in [2.24, 2.45) is 11.8 Å². The zero-order chi connectivity index (χ0) is 27.8. The first-order chi connectivity index (χ1) is 18.9. The van der Waals surface area contributed by atoms with Gasteiger partial charge in [0.1, 0.15) is 6.04 Å². The van der Waals surface area contributed by atoms with Crippen molar-refractivity contribution in [3.05, 3.63) is 84.1 Å². The average Bonchev–Trinajstić information content (AvgIpc) is 3.36. The number of carbonyl (C=O) groups is 1. The number of allylic oxidation sites excluding steroid dienone is 1. The molecule has 0 amide bonds. The van der Waals surface area contributed by atoms with Crippen LogP contribution in [0.5, 0.6) is 0 Å².